The summed E-state index contributed by atoms with van der Waals surface area (Å²) in [4.78, 5) is 97.7. The van der Waals surface area contributed by atoms with Crippen LogP contribution in [0.5, 0.6) is 0 Å². The zero-order chi connectivity index (χ0) is 117. The predicted octanol–water partition coefficient (Wildman–Crippen LogP) is 16.9. The Labute approximate surface area is 754 Å². The molecule has 0 bridgehead atoms. The van der Waals surface area contributed by atoms with Crippen LogP contribution in [0.1, 0.15) is 232 Å². The van der Waals surface area contributed by atoms with Gasteiger partial charge in [0.05, 0.1) is 55.1 Å². The van der Waals surface area contributed by atoms with Gasteiger partial charge >= 0.3 is 0 Å². The molecule has 0 saturated heterocycles. The fourth-order valence-electron chi connectivity index (χ4n) is 10.1. The molecule has 0 unspecified atom stereocenters. The SMILES string of the molecule is [2H]c1c(C([2H])([2H])[2H])cc(C(C)=O)c(N([2H])C(=O)c2sccc2S(=O)(=O)N([2H])c2onc(C([2H])([2H])[2H])c2C([2H])([2H])[2H])c1C([2H])([2H])[2H].[2H]c1c(C)c([2H])c(C(C)=O)c(N([2H])C(=O)c2sccc2S(=O)(=O)N([2H])c2onc(C([2H])([2H])[2H])c2C)c1C.[2H]c1c(C)c([2H])c(C(C)=O)c(N([2H])C(=O)c2sccc2S(=O)(=O)N([2H])c2onc(C)c2C([2H])([2H])[2H])c1C.[2H]c1c(C)c([2H])c(C(C)=O)c(N([2H])C(=O)c2sccc2S(=O)(=O)N([2H])c2onc(C)c2C)c1C. The zero-order valence-corrected chi connectivity index (χ0v) is 71.0. The van der Waals surface area contributed by atoms with E-state index in [0.717, 1.165) is 61.8 Å². The Morgan fingerprint density at radius 3 is 0.858 bits per heavy atom. The number of ketones is 4. The number of carbonyl (C=O) groups excluding carboxylic acids is 8. The average Bonchev–Trinajstić information content (AvgIpc) is 1.72. The largest absolute Gasteiger partial charge is 0.337 e. The van der Waals surface area contributed by atoms with Crippen molar-refractivity contribution in [3.63, 3.8) is 0 Å². The Morgan fingerprint density at radius 2 is 0.592 bits per heavy atom. The maximum Gasteiger partial charge on any atom is 0.267 e. The summed E-state index contributed by atoms with van der Waals surface area (Å²) < 4.78 is 386. The van der Waals surface area contributed by atoms with Crippen LogP contribution in [0.3, 0.4) is 0 Å². The first kappa shape index (κ1) is 55.8. The molecule has 0 spiro atoms. The van der Waals surface area contributed by atoms with E-state index in [1.165, 1.54) is 85.4 Å². The van der Waals surface area contributed by atoms with Crippen molar-refractivity contribution in [1.29, 1.82) is 0 Å². The molecular weight excluding hydrogens is 1710 g/mol. The third-order valence-corrected chi connectivity index (χ3v) is 25.3. The molecule has 8 heterocycles. The highest BCUT2D eigenvalue weighted by Gasteiger charge is 2.33. The van der Waals surface area contributed by atoms with Gasteiger partial charge in [-0.2, -0.15) is 0 Å². The van der Waals surface area contributed by atoms with Gasteiger partial charge in [0.1, 0.15) is 39.1 Å². The molecule has 120 heavy (non-hydrogen) atoms. The predicted molar refractivity (Wildman–Crippen MR) is 460 cm³/mol. The Kier molecular flexibility index (Phi) is 17.3. The number of amides is 4. The Hall–Kier alpha value is -11.9. The number of benzene rings is 4. The lowest BCUT2D eigenvalue weighted by molar-refractivity contribution is 0.100. The summed E-state index contributed by atoms with van der Waals surface area (Å²) in [5.74, 6) is -11.2. The molecule has 0 atom stereocenters. The number of anilines is 8. The number of hydrogen-bond acceptors (Lipinski definition) is 28. The van der Waals surface area contributed by atoms with Crippen LogP contribution in [0.4, 0.5) is 46.3 Å². The number of thiophene rings is 4. The lowest BCUT2D eigenvalue weighted by atomic mass is 10.0. The highest BCUT2D eigenvalue weighted by Crippen LogP contribution is 2.36. The summed E-state index contributed by atoms with van der Waals surface area (Å²) in [6.45, 7) is 0.000945. The van der Waals surface area contributed by atoms with E-state index < -0.39 is 235 Å². The molecule has 4 amide bonds. The van der Waals surface area contributed by atoms with Gasteiger partial charge in [-0.05, 0) is 253 Å². The number of Topliss-reactive ketones (excluding diaryl/α,β-unsaturated/α-hetero) is 4. The Morgan fingerprint density at radius 1 is 0.333 bits per heavy atom. The highest BCUT2D eigenvalue weighted by atomic mass is 32.2. The molecule has 0 aliphatic rings. The van der Waals surface area contributed by atoms with Crippen molar-refractivity contribution in [3.05, 3.63) is 225 Å². The number of aryl methyl sites for hydroxylation is 5. The molecular formula is C80H84N12O20S8. The quantitative estimate of drug-likeness (QED) is 0.0260. The maximum absolute atomic E-state index is 13.6. The van der Waals surface area contributed by atoms with Crippen LogP contribution in [0.25, 0.3) is 0 Å². The van der Waals surface area contributed by atoms with Crippen LogP contribution >= 0.6 is 45.3 Å². The molecule has 4 aromatic carbocycles. The molecule has 32 nitrogen and oxygen atoms in total. The molecule has 0 radical (unpaired) electrons. The van der Waals surface area contributed by atoms with Crippen LogP contribution in [0.15, 0.2) is 132 Å². The van der Waals surface area contributed by atoms with Gasteiger partial charge in [-0.3, -0.25) is 38.4 Å². The van der Waals surface area contributed by atoms with Crippen LogP contribution in [-0.4, -0.2) is 101 Å². The first-order chi connectivity index (χ1) is 69.8. The topological polar surface area (TPSA) is 473 Å². The number of nitrogens with zero attached hydrogens (tertiary/aromatic N) is 4. The van der Waals surface area contributed by atoms with Gasteiger partial charge in [-0.25, -0.2) is 52.5 Å². The summed E-state index contributed by atoms with van der Waals surface area (Å²) in [6.07, 6.45) is 0. The number of aromatic nitrogens is 4. The standard InChI is InChI=1S/4C20H21N3O5S2/c4*1-10-8-11(2)17(15(9-10)14(5)24)21-19(25)18-16(6-7-29-18)30(26,27)23-20-12(3)13(4)22-28-20/h4*6-9,23H,1-5H3,(H,21,25)/i1D3,2D3,3D3,4D3,8D;4D3,8D,9D;3D3,8D,9D;8D,9D/hD8. The van der Waals surface area contributed by atoms with E-state index in [2.05, 4.69) is 25.1 Å². The number of carbonyl (C=O) groups is 8. The first-order valence-corrected chi connectivity index (χ1v) is 42.7. The highest BCUT2D eigenvalue weighted by molar-refractivity contribution is 7.94. The van der Waals surface area contributed by atoms with Crippen molar-refractivity contribution in [3.8, 4) is 0 Å². The molecule has 0 aliphatic heterocycles. The molecule has 12 rings (SSSR count). The molecule has 0 saturated carbocycles. The van der Waals surface area contributed by atoms with Crippen LogP contribution in [-0.2, 0) is 40.1 Å². The Balaban J connectivity index is 0.000000227. The molecule has 632 valence electrons. The molecule has 0 aliphatic carbocycles. The summed E-state index contributed by atoms with van der Waals surface area (Å²) in [5.41, 5.74) is -7.81. The van der Waals surface area contributed by atoms with E-state index in [-0.39, 0.29) is 155 Å². The van der Waals surface area contributed by atoms with Gasteiger partial charge in [0.15, 0.2) is 34.4 Å². The van der Waals surface area contributed by atoms with Crippen LogP contribution < -0.4 is 40.1 Å². The third kappa shape index (κ3) is 21.0. The van der Waals surface area contributed by atoms with Crippen molar-refractivity contribution < 1.29 is 136 Å². The van der Waals surface area contributed by atoms with Crippen molar-refractivity contribution in [2.24, 2.45) is 0 Å². The van der Waals surface area contributed by atoms with E-state index in [9.17, 15) is 72.0 Å². The normalized spacial score (nSPS) is 16.0. The second-order valence-corrected chi connectivity index (χ2v) is 34.9. The number of sulfonamides is 4. The lowest BCUT2D eigenvalue weighted by Crippen LogP contribution is -2.20. The van der Waals surface area contributed by atoms with Crippen molar-refractivity contribution in [2.45, 2.75) is 158 Å². The van der Waals surface area contributed by atoms with Crippen molar-refractivity contribution in [2.75, 3.05) is 40.1 Å². The van der Waals surface area contributed by atoms with Crippen LogP contribution in [0, 0.1) is 110 Å². The van der Waals surface area contributed by atoms with Gasteiger partial charge < -0.3 is 39.3 Å². The number of hydrogen-bond donors (Lipinski definition) is 8. The summed E-state index contributed by atoms with van der Waals surface area (Å²) >= 11 is 2.38. The number of rotatable bonds is 24. The fourth-order valence-corrected chi connectivity index (χ4v) is 19.1. The maximum atomic E-state index is 13.6. The summed E-state index contributed by atoms with van der Waals surface area (Å²) in [5, 5.41) is 19.0. The molecule has 8 N–H and O–H groups in total. The van der Waals surface area contributed by atoms with Gasteiger partial charge in [0, 0.05) is 69.2 Å². The van der Waals surface area contributed by atoms with Gasteiger partial charge in [-0.15, -0.1) is 45.3 Å². The third-order valence-electron chi connectivity index (χ3n) is 15.9. The molecule has 40 heteroatoms. The van der Waals surface area contributed by atoms with E-state index in [1.54, 1.807) is 6.92 Å². The van der Waals surface area contributed by atoms with Gasteiger partial charge in [0.2, 0.25) is 23.5 Å². The van der Waals surface area contributed by atoms with E-state index in [1.807, 2.05) is 0 Å². The van der Waals surface area contributed by atoms with Crippen molar-refractivity contribution in [1.82, 2.24) is 20.6 Å². The monoisotopic (exact) mass is 1820 g/mol. The van der Waals surface area contributed by atoms with E-state index >= 15 is 0 Å². The average molecular weight is 1820 g/mol. The minimum absolute atomic E-state index is 0.0598. The number of nitrogens with one attached hydrogen (secondary N) is 8. The second kappa shape index (κ2) is 37.2. The fraction of sp³-hybridized carbons (Fsp3) is 0.250. The summed E-state index contributed by atoms with van der Waals surface area (Å²) in [6, 6.07) is 2.06. The van der Waals surface area contributed by atoms with E-state index in [0.29, 0.717) is 56.6 Å². The smallest absolute Gasteiger partial charge is 0.267 e. The van der Waals surface area contributed by atoms with Crippen LogP contribution in [0.2, 0.25) is 11.3 Å². The van der Waals surface area contributed by atoms with Crippen molar-refractivity contribution >= 4 is 178 Å². The van der Waals surface area contributed by atoms with Gasteiger partial charge in [0.25, 0.3) is 63.7 Å². The van der Waals surface area contributed by atoms with Gasteiger partial charge in [-0.1, -0.05) is 44.8 Å². The Bertz CT molecular complexity index is 8120. The second-order valence-electron chi connectivity index (χ2n) is 24.9. The zero-order valence-electron chi connectivity index (χ0n) is 97.5. The molecule has 0 fully saturated rings. The first-order valence-electron chi connectivity index (χ1n) is 49.5. The van der Waals surface area contributed by atoms with E-state index in [4.69, 9.17) is 59.1 Å². The molecule has 8 aromatic heterocycles. The lowest BCUT2D eigenvalue weighted by Gasteiger charge is -2.14. The minimum atomic E-state index is -5.33. The molecule has 12 aromatic rings. The minimum Gasteiger partial charge on any atom is -0.337 e. The summed E-state index contributed by atoms with van der Waals surface area (Å²) in [7, 11) is -19.7.